The van der Waals surface area contributed by atoms with Gasteiger partial charge in [0.05, 0.1) is 23.8 Å². The van der Waals surface area contributed by atoms with Crippen molar-refractivity contribution in [2.24, 2.45) is 10.9 Å². The van der Waals surface area contributed by atoms with Crippen molar-refractivity contribution in [1.82, 2.24) is 10.2 Å². The number of rotatable bonds is 7. The van der Waals surface area contributed by atoms with Crippen LogP contribution in [-0.4, -0.2) is 41.6 Å². The molecule has 2 aliphatic rings. The average Bonchev–Trinajstić information content (AvgIpc) is 2.84. The molecule has 2 atom stereocenters. The summed E-state index contributed by atoms with van der Waals surface area (Å²) in [7, 11) is 0. The predicted molar refractivity (Wildman–Crippen MR) is 145 cm³/mol. The Morgan fingerprint density at radius 1 is 1.08 bits per heavy atom. The Kier molecular flexibility index (Phi) is 8.11. The van der Waals surface area contributed by atoms with Gasteiger partial charge in [-0.1, -0.05) is 49.4 Å². The van der Waals surface area contributed by atoms with E-state index in [1.165, 1.54) is 0 Å². The number of aliphatic imine (C=N–C) groups is 1. The van der Waals surface area contributed by atoms with Crippen LogP contribution in [0.2, 0.25) is 0 Å². The Bertz CT molecular complexity index is 1190. The lowest BCUT2D eigenvalue weighted by molar-refractivity contribution is 0.0433. The number of hydrogen-bond donors (Lipinski definition) is 1. The molecule has 7 nitrogen and oxygen atoms in total. The van der Waals surface area contributed by atoms with Crippen molar-refractivity contribution in [1.29, 1.82) is 0 Å². The van der Waals surface area contributed by atoms with E-state index in [9.17, 15) is 9.59 Å². The monoisotopic (exact) mass is 501 g/mol. The normalized spacial score (nSPS) is 20.2. The molecule has 0 saturated carbocycles. The predicted octanol–water partition coefficient (Wildman–Crippen LogP) is 6.33. The zero-order chi connectivity index (χ0) is 26.4. The standard InChI is InChI=1S/C30H35N3O4/c1-21-9-8-12-25(19-21)33-26(20-27(33)32-24-10-6-5-7-11-24)22-13-15-23(16-14-22)28(34)36-18-17-31-29(35)37-30(2,3)4/h5-8,10-16,19,21,26H,9,17-18,20H2,1-4H3,(H,31,35). The van der Waals surface area contributed by atoms with Gasteiger partial charge in [0.1, 0.15) is 18.0 Å². The molecule has 1 aliphatic carbocycles. The maximum atomic E-state index is 12.5. The molecule has 2 aromatic rings. The van der Waals surface area contributed by atoms with Crippen LogP contribution in [0.25, 0.3) is 0 Å². The molecule has 1 aliphatic heterocycles. The first-order valence-electron chi connectivity index (χ1n) is 12.7. The van der Waals surface area contributed by atoms with Crippen LogP contribution in [0.4, 0.5) is 10.5 Å². The lowest BCUT2D eigenvalue weighted by atomic mass is 9.89. The third-order valence-electron chi connectivity index (χ3n) is 6.04. The summed E-state index contributed by atoms with van der Waals surface area (Å²) in [5.41, 5.74) is 3.10. The fourth-order valence-electron chi connectivity index (χ4n) is 4.29. The molecule has 0 radical (unpaired) electrons. The molecule has 194 valence electrons. The fourth-order valence-corrected chi connectivity index (χ4v) is 4.29. The molecule has 1 N–H and O–H groups in total. The van der Waals surface area contributed by atoms with Crippen LogP contribution in [-0.2, 0) is 9.47 Å². The molecular weight excluding hydrogens is 466 g/mol. The van der Waals surface area contributed by atoms with Gasteiger partial charge in [-0.05, 0) is 69.0 Å². The van der Waals surface area contributed by atoms with E-state index in [1.807, 2.05) is 42.5 Å². The molecule has 2 aromatic carbocycles. The van der Waals surface area contributed by atoms with Crippen molar-refractivity contribution >= 4 is 23.6 Å². The Labute approximate surface area is 218 Å². The van der Waals surface area contributed by atoms with Gasteiger partial charge in [0.25, 0.3) is 0 Å². The second kappa shape index (κ2) is 11.5. The zero-order valence-electron chi connectivity index (χ0n) is 21.9. The topological polar surface area (TPSA) is 80.2 Å². The minimum atomic E-state index is -0.575. The first-order chi connectivity index (χ1) is 17.7. The largest absolute Gasteiger partial charge is 0.460 e. The van der Waals surface area contributed by atoms with Crippen molar-refractivity contribution in [2.75, 3.05) is 13.2 Å². The maximum absolute atomic E-state index is 12.5. The third kappa shape index (κ3) is 7.09. The fraction of sp³-hybridized carbons (Fsp3) is 0.367. The highest BCUT2D eigenvalue weighted by atomic mass is 16.6. The third-order valence-corrected chi connectivity index (χ3v) is 6.04. The highest BCUT2D eigenvalue weighted by Crippen LogP contribution is 2.41. The first kappa shape index (κ1) is 26.2. The number of esters is 1. The van der Waals surface area contributed by atoms with E-state index < -0.39 is 17.7 Å². The van der Waals surface area contributed by atoms with Crippen LogP contribution in [0.15, 0.2) is 83.5 Å². The number of para-hydroxylation sites is 1. The molecule has 1 heterocycles. The SMILES string of the molecule is CC1C=C(N2C(=Nc3ccccc3)CC2c2ccc(C(=O)OCCNC(=O)OC(C)(C)C)cc2)C=CC1. The number of carbonyl (C=O) groups is 2. The van der Waals surface area contributed by atoms with Gasteiger partial charge in [0.15, 0.2) is 0 Å². The van der Waals surface area contributed by atoms with Crippen LogP contribution in [0.1, 0.15) is 62.5 Å². The van der Waals surface area contributed by atoms with Gasteiger partial charge < -0.3 is 19.7 Å². The summed E-state index contributed by atoms with van der Waals surface area (Å²) in [6.45, 7) is 7.84. The molecule has 2 unspecified atom stereocenters. The molecule has 0 aromatic heterocycles. The van der Waals surface area contributed by atoms with Crippen molar-refractivity contribution < 1.29 is 19.1 Å². The van der Waals surface area contributed by atoms with E-state index in [1.54, 1.807) is 32.9 Å². The number of hydrogen-bond acceptors (Lipinski definition) is 5. The summed E-state index contributed by atoms with van der Waals surface area (Å²) in [4.78, 5) is 31.4. The van der Waals surface area contributed by atoms with E-state index in [0.717, 1.165) is 35.6 Å². The van der Waals surface area contributed by atoms with Crippen molar-refractivity contribution in [3.8, 4) is 0 Å². The first-order valence-corrected chi connectivity index (χ1v) is 12.7. The highest BCUT2D eigenvalue weighted by molar-refractivity contribution is 5.93. The van der Waals surface area contributed by atoms with Crippen LogP contribution in [0, 0.1) is 5.92 Å². The molecule has 1 saturated heterocycles. The number of alkyl carbamates (subject to hydrolysis) is 1. The smallest absolute Gasteiger partial charge is 0.407 e. The van der Waals surface area contributed by atoms with Gasteiger partial charge in [-0.3, -0.25) is 0 Å². The minimum absolute atomic E-state index is 0.0637. The van der Waals surface area contributed by atoms with Crippen LogP contribution >= 0.6 is 0 Å². The summed E-state index contributed by atoms with van der Waals surface area (Å²) in [6, 6.07) is 17.7. The van der Waals surface area contributed by atoms with Crippen LogP contribution in [0.5, 0.6) is 0 Å². The number of allylic oxidation sites excluding steroid dienone is 3. The second-order valence-electron chi connectivity index (χ2n) is 10.3. The summed E-state index contributed by atoms with van der Waals surface area (Å²) in [6.07, 6.45) is 8.00. The Morgan fingerprint density at radius 3 is 2.49 bits per heavy atom. The number of carbonyl (C=O) groups excluding carboxylic acids is 2. The van der Waals surface area contributed by atoms with E-state index in [-0.39, 0.29) is 19.2 Å². The summed E-state index contributed by atoms with van der Waals surface area (Å²) < 4.78 is 10.5. The summed E-state index contributed by atoms with van der Waals surface area (Å²) in [5, 5.41) is 2.58. The lowest BCUT2D eigenvalue weighted by Crippen LogP contribution is -2.45. The number of benzene rings is 2. The number of nitrogens with zero attached hydrogens (tertiary/aromatic N) is 2. The van der Waals surface area contributed by atoms with Gasteiger partial charge in [-0.15, -0.1) is 0 Å². The molecule has 1 amide bonds. The molecular formula is C30H35N3O4. The Hall–Kier alpha value is -3.87. The van der Waals surface area contributed by atoms with Gasteiger partial charge >= 0.3 is 12.1 Å². The quantitative estimate of drug-likeness (QED) is 0.354. The second-order valence-corrected chi connectivity index (χ2v) is 10.3. The molecule has 0 spiro atoms. The van der Waals surface area contributed by atoms with E-state index >= 15 is 0 Å². The number of amidine groups is 1. The van der Waals surface area contributed by atoms with Gasteiger partial charge in [0, 0.05) is 12.1 Å². The molecule has 7 heteroatoms. The van der Waals surface area contributed by atoms with Gasteiger partial charge in [-0.2, -0.15) is 0 Å². The highest BCUT2D eigenvalue weighted by Gasteiger charge is 2.37. The minimum Gasteiger partial charge on any atom is -0.460 e. The molecule has 0 bridgehead atoms. The van der Waals surface area contributed by atoms with Crippen molar-refractivity contribution in [2.45, 2.75) is 52.2 Å². The summed E-state index contributed by atoms with van der Waals surface area (Å²) in [5.74, 6) is 1.07. The number of likely N-dealkylation sites (tertiary alicyclic amines) is 1. The Morgan fingerprint density at radius 2 is 1.81 bits per heavy atom. The summed E-state index contributed by atoms with van der Waals surface area (Å²) >= 11 is 0. The molecule has 1 fully saturated rings. The van der Waals surface area contributed by atoms with Crippen LogP contribution < -0.4 is 5.32 Å². The van der Waals surface area contributed by atoms with Crippen molar-refractivity contribution in [3.05, 3.63) is 89.6 Å². The number of nitrogens with one attached hydrogen (secondary N) is 1. The van der Waals surface area contributed by atoms with Crippen LogP contribution in [0.3, 0.4) is 0 Å². The van der Waals surface area contributed by atoms with E-state index in [4.69, 9.17) is 14.5 Å². The Balaban J connectivity index is 1.39. The van der Waals surface area contributed by atoms with Crippen molar-refractivity contribution in [3.63, 3.8) is 0 Å². The van der Waals surface area contributed by atoms with Gasteiger partial charge in [0.2, 0.25) is 0 Å². The number of amides is 1. The number of ether oxygens (including phenoxy) is 2. The maximum Gasteiger partial charge on any atom is 0.407 e. The van der Waals surface area contributed by atoms with E-state index in [2.05, 4.69) is 35.4 Å². The molecule has 4 rings (SSSR count). The molecule has 37 heavy (non-hydrogen) atoms. The average molecular weight is 502 g/mol. The lowest BCUT2D eigenvalue weighted by Gasteiger charge is -2.45. The van der Waals surface area contributed by atoms with E-state index in [0.29, 0.717) is 11.5 Å². The van der Waals surface area contributed by atoms with Gasteiger partial charge in [-0.25, -0.2) is 14.6 Å². The zero-order valence-corrected chi connectivity index (χ0v) is 21.9.